The summed E-state index contributed by atoms with van der Waals surface area (Å²) in [5.41, 5.74) is 7.43. The van der Waals surface area contributed by atoms with Gasteiger partial charge in [-0.2, -0.15) is 0 Å². The summed E-state index contributed by atoms with van der Waals surface area (Å²) in [6.07, 6.45) is 1.39. The molecule has 17 heavy (non-hydrogen) atoms. The lowest BCUT2D eigenvalue weighted by Gasteiger charge is -2.11. The highest BCUT2D eigenvalue weighted by Gasteiger charge is 2.11. The predicted octanol–water partition coefficient (Wildman–Crippen LogP) is 1.67. The fourth-order valence-electron chi connectivity index (χ4n) is 1.48. The van der Waals surface area contributed by atoms with Gasteiger partial charge in [0, 0.05) is 6.07 Å². The zero-order valence-electron chi connectivity index (χ0n) is 9.30. The van der Waals surface area contributed by atoms with E-state index in [0.29, 0.717) is 11.6 Å². The number of halogens is 1. The summed E-state index contributed by atoms with van der Waals surface area (Å²) in [4.78, 5) is 7.98. The summed E-state index contributed by atoms with van der Waals surface area (Å²) in [6.45, 7) is 0. The van der Waals surface area contributed by atoms with Gasteiger partial charge in [-0.1, -0.05) is 12.1 Å². The normalized spacial score (nSPS) is 12.2. The van der Waals surface area contributed by atoms with Crippen molar-refractivity contribution in [1.82, 2.24) is 9.97 Å². The van der Waals surface area contributed by atoms with Crippen LogP contribution in [-0.4, -0.2) is 17.1 Å². The summed E-state index contributed by atoms with van der Waals surface area (Å²) in [7, 11) is 1.52. The van der Waals surface area contributed by atoms with Crippen molar-refractivity contribution in [2.45, 2.75) is 6.04 Å². The highest BCUT2D eigenvalue weighted by atomic mass is 19.1. The molecule has 1 aromatic heterocycles. The van der Waals surface area contributed by atoms with Crippen LogP contribution < -0.4 is 10.5 Å². The van der Waals surface area contributed by atoms with E-state index in [0.717, 1.165) is 5.56 Å². The molecule has 2 aromatic rings. The van der Waals surface area contributed by atoms with Crippen LogP contribution in [-0.2, 0) is 0 Å². The maximum absolute atomic E-state index is 12.8. The first kappa shape index (κ1) is 11.5. The Labute approximate surface area is 98.3 Å². The van der Waals surface area contributed by atoms with Crippen molar-refractivity contribution in [1.29, 1.82) is 0 Å². The minimum absolute atomic E-state index is 0.291. The van der Waals surface area contributed by atoms with Crippen LogP contribution in [0.1, 0.15) is 17.3 Å². The molecule has 0 aliphatic rings. The minimum Gasteiger partial charge on any atom is -0.481 e. The number of nitrogens with zero attached hydrogens (tertiary/aromatic N) is 2. The smallest absolute Gasteiger partial charge is 0.216 e. The molecule has 0 bridgehead atoms. The van der Waals surface area contributed by atoms with Crippen molar-refractivity contribution in [2.75, 3.05) is 7.11 Å². The van der Waals surface area contributed by atoms with Crippen LogP contribution in [0.4, 0.5) is 4.39 Å². The number of ether oxygens (including phenoxy) is 1. The molecule has 0 spiro atoms. The van der Waals surface area contributed by atoms with Gasteiger partial charge in [-0.15, -0.1) is 0 Å². The monoisotopic (exact) mass is 233 g/mol. The molecule has 5 heteroatoms. The highest BCUT2D eigenvalue weighted by molar-refractivity contribution is 5.29. The first-order chi connectivity index (χ1) is 8.20. The SMILES string of the molecule is COc1cc(C(N)c2ccc(F)cc2)ncn1. The van der Waals surface area contributed by atoms with E-state index < -0.39 is 6.04 Å². The van der Waals surface area contributed by atoms with Gasteiger partial charge in [0.15, 0.2) is 0 Å². The number of methoxy groups -OCH3 is 1. The summed E-state index contributed by atoms with van der Waals surface area (Å²) in [5, 5.41) is 0. The summed E-state index contributed by atoms with van der Waals surface area (Å²) in [6, 6.07) is 7.24. The molecule has 0 aliphatic heterocycles. The van der Waals surface area contributed by atoms with E-state index in [1.165, 1.54) is 25.6 Å². The molecule has 0 radical (unpaired) electrons. The summed E-state index contributed by atoms with van der Waals surface area (Å²) in [5.74, 6) is 0.161. The van der Waals surface area contributed by atoms with E-state index in [9.17, 15) is 4.39 Å². The number of rotatable bonds is 3. The van der Waals surface area contributed by atoms with Crippen LogP contribution in [0.3, 0.4) is 0 Å². The van der Waals surface area contributed by atoms with Crippen molar-refractivity contribution < 1.29 is 9.13 Å². The molecule has 4 nitrogen and oxygen atoms in total. The average Bonchev–Trinajstić information content (AvgIpc) is 2.39. The number of nitrogens with two attached hydrogens (primary N) is 1. The molecule has 0 amide bonds. The third-order valence-electron chi connectivity index (χ3n) is 2.42. The Hall–Kier alpha value is -2.01. The first-order valence-corrected chi connectivity index (χ1v) is 5.07. The molecule has 0 fully saturated rings. The number of hydrogen-bond donors (Lipinski definition) is 1. The molecule has 1 heterocycles. The fourth-order valence-corrected chi connectivity index (χ4v) is 1.48. The van der Waals surface area contributed by atoms with E-state index >= 15 is 0 Å². The maximum Gasteiger partial charge on any atom is 0.216 e. The van der Waals surface area contributed by atoms with Crippen molar-refractivity contribution in [3.05, 3.63) is 53.7 Å². The van der Waals surface area contributed by atoms with Crippen LogP contribution in [0.25, 0.3) is 0 Å². The summed E-state index contributed by atoms with van der Waals surface area (Å²) < 4.78 is 17.8. The lowest BCUT2D eigenvalue weighted by molar-refractivity contribution is 0.395. The third kappa shape index (κ3) is 2.57. The lowest BCUT2D eigenvalue weighted by Crippen LogP contribution is -2.13. The molecule has 0 aliphatic carbocycles. The van der Waals surface area contributed by atoms with Gasteiger partial charge in [0.2, 0.25) is 5.88 Å². The zero-order valence-corrected chi connectivity index (χ0v) is 9.30. The van der Waals surface area contributed by atoms with E-state index in [1.807, 2.05) is 0 Å². The highest BCUT2D eigenvalue weighted by Crippen LogP contribution is 2.19. The Bertz CT molecular complexity index is 501. The van der Waals surface area contributed by atoms with Gasteiger partial charge in [0.25, 0.3) is 0 Å². The Balaban J connectivity index is 2.29. The van der Waals surface area contributed by atoms with E-state index in [4.69, 9.17) is 10.5 Å². The third-order valence-corrected chi connectivity index (χ3v) is 2.42. The Kier molecular flexibility index (Phi) is 3.30. The Morgan fingerprint density at radius 1 is 1.24 bits per heavy atom. The van der Waals surface area contributed by atoms with Gasteiger partial charge >= 0.3 is 0 Å². The van der Waals surface area contributed by atoms with Crippen LogP contribution in [0.2, 0.25) is 0 Å². The van der Waals surface area contributed by atoms with E-state index in [1.54, 1.807) is 18.2 Å². The zero-order chi connectivity index (χ0) is 12.3. The lowest BCUT2D eigenvalue weighted by atomic mass is 10.0. The number of aromatic nitrogens is 2. The average molecular weight is 233 g/mol. The van der Waals surface area contributed by atoms with E-state index in [-0.39, 0.29) is 5.82 Å². The summed E-state index contributed by atoms with van der Waals surface area (Å²) >= 11 is 0. The molecule has 0 saturated heterocycles. The molecule has 1 aromatic carbocycles. The minimum atomic E-state index is -0.424. The standard InChI is InChI=1S/C12H12FN3O/c1-17-11-6-10(15-7-16-11)12(14)8-2-4-9(13)5-3-8/h2-7,12H,14H2,1H3. The van der Waals surface area contributed by atoms with Gasteiger partial charge < -0.3 is 10.5 Å². The maximum atomic E-state index is 12.8. The topological polar surface area (TPSA) is 61.0 Å². The molecular weight excluding hydrogens is 221 g/mol. The molecule has 0 saturated carbocycles. The number of benzene rings is 1. The van der Waals surface area contributed by atoms with Crippen molar-refractivity contribution in [2.24, 2.45) is 5.73 Å². The van der Waals surface area contributed by atoms with Gasteiger partial charge in [-0.3, -0.25) is 0 Å². The van der Waals surface area contributed by atoms with Gasteiger partial charge in [0.05, 0.1) is 18.8 Å². The van der Waals surface area contributed by atoms with Crippen LogP contribution >= 0.6 is 0 Å². The Morgan fingerprint density at radius 2 is 1.94 bits per heavy atom. The van der Waals surface area contributed by atoms with Crippen molar-refractivity contribution in [3.8, 4) is 5.88 Å². The van der Waals surface area contributed by atoms with Gasteiger partial charge in [0.1, 0.15) is 12.1 Å². The molecule has 2 rings (SSSR count). The van der Waals surface area contributed by atoms with Crippen molar-refractivity contribution in [3.63, 3.8) is 0 Å². The second-order valence-corrected chi connectivity index (χ2v) is 3.51. The second kappa shape index (κ2) is 4.88. The van der Waals surface area contributed by atoms with Gasteiger partial charge in [-0.25, -0.2) is 14.4 Å². The quantitative estimate of drug-likeness (QED) is 0.876. The van der Waals surface area contributed by atoms with Crippen LogP contribution in [0.5, 0.6) is 5.88 Å². The first-order valence-electron chi connectivity index (χ1n) is 5.07. The fraction of sp³-hybridized carbons (Fsp3) is 0.167. The van der Waals surface area contributed by atoms with Crippen molar-refractivity contribution >= 4 is 0 Å². The largest absolute Gasteiger partial charge is 0.481 e. The predicted molar refractivity (Wildman–Crippen MR) is 61.0 cm³/mol. The van der Waals surface area contributed by atoms with Crippen LogP contribution in [0, 0.1) is 5.82 Å². The molecule has 1 atom stereocenters. The molecule has 2 N–H and O–H groups in total. The van der Waals surface area contributed by atoms with Crippen LogP contribution in [0.15, 0.2) is 36.7 Å². The Morgan fingerprint density at radius 3 is 2.59 bits per heavy atom. The molecular formula is C12H12FN3O. The molecule has 1 unspecified atom stereocenters. The molecule has 88 valence electrons. The number of hydrogen-bond acceptors (Lipinski definition) is 4. The second-order valence-electron chi connectivity index (χ2n) is 3.51. The van der Waals surface area contributed by atoms with Gasteiger partial charge in [-0.05, 0) is 17.7 Å². The van der Waals surface area contributed by atoms with E-state index in [2.05, 4.69) is 9.97 Å².